The zero-order valence-electron chi connectivity index (χ0n) is 15.1. The quantitative estimate of drug-likeness (QED) is 0.488. The first-order valence-electron chi connectivity index (χ1n) is 8.70. The van der Waals surface area contributed by atoms with Crippen molar-refractivity contribution in [2.24, 2.45) is 0 Å². The minimum atomic E-state index is -0.702. The number of rotatable bonds is 6. The van der Waals surface area contributed by atoms with Crippen molar-refractivity contribution in [2.45, 2.75) is 6.61 Å². The topological polar surface area (TPSA) is 81.3 Å². The Morgan fingerprint density at radius 1 is 1.10 bits per heavy atom. The van der Waals surface area contributed by atoms with E-state index in [0.717, 1.165) is 11.1 Å². The number of aromatic amines is 1. The van der Waals surface area contributed by atoms with Gasteiger partial charge in [0.05, 0.1) is 5.39 Å². The number of nitrogens with zero attached hydrogens (tertiary/aromatic N) is 1. The highest BCUT2D eigenvalue weighted by Gasteiger charge is 2.14. The number of halogens is 1. The average Bonchev–Trinajstić information content (AvgIpc) is 3.17. The van der Waals surface area contributed by atoms with E-state index in [1.165, 1.54) is 29.5 Å². The van der Waals surface area contributed by atoms with Crippen molar-refractivity contribution in [2.75, 3.05) is 6.61 Å². The average molecular weight is 410 g/mol. The summed E-state index contributed by atoms with van der Waals surface area (Å²) in [5.41, 5.74) is 1.43. The van der Waals surface area contributed by atoms with E-state index >= 15 is 0 Å². The summed E-state index contributed by atoms with van der Waals surface area (Å²) >= 11 is 1.34. The van der Waals surface area contributed by atoms with Crippen LogP contribution in [0.5, 0.6) is 5.75 Å². The molecule has 0 radical (unpaired) electrons. The highest BCUT2D eigenvalue weighted by atomic mass is 32.1. The number of carbonyl (C=O) groups excluding carboxylic acids is 1. The summed E-state index contributed by atoms with van der Waals surface area (Å²) in [6.07, 6.45) is 0. The monoisotopic (exact) mass is 410 g/mol. The maximum absolute atomic E-state index is 13.5. The first kappa shape index (κ1) is 18.8. The fourth-order valence-corrected chi connectivity index (χ4v) is 3.75. The minimum absolute atomic E-state index is 0.0376. The second kappa shape index (κ2) is 8.24. The molecule has 0 aliphatic rings. The van der Waals surface area contributed by atoms with Gasteiger partial charge in [0.2, 0.25) is 0 Å². The van der Waals surface area contributed by atoms with E-state index in [1.807, 2.05) is 35.7 Å². The molecular weight excluding hydrogens is 395 g/mol. The van der Waals surface area contributed by atoms with Gasteiger partial charge in [0.15, 0.2) is 18.2 Å². The van der Waals surface area contributed by atoms with Crippen molar-refractivity contribution in [3.8, 4) is 16.9 Å². The number of hydrogen-bond donors (Lipinski definition) is 1. The Morgan fingerprint density at radius 3 is 2.66 bits per heavy atom. The number of fused-ring (bicyclic) bond motifs is 1. The molecule has 0 amide bonds. The summed E-state index contributed by atoms with van der Waals surface area (Å²) in [6, 6.07) is 15.3. The van der Waals surface area contributed by atoms with E-state index < -0.39 is 18.4 Å². The van der Waals surface area contributed by atoms with Gasteiger partial charge in [-0.15, -0.1) is 11.3 Å². The van der Waals surface area contributed by atoms with Crippen molar-refractivity contribution in [1.82, 2.24) is 9.97 Å². The van der Waals surface area contributed by atoms with Gasteiger partial charge in [0.25, 0.3) is 5.56 Å². The molecule has 4 rings (SSSR count). The molecule has 6 nitrogen and oxygen atoms in total. The molecule has 0 saturated carbocycles. The standard InChI is InChI=1S/C21H15FN2O4S/c22-15-8-4-5-9-16(15)27-11-18(25)28-10-17-23-20(26)19-14(12-29-21(19)24-17)13-6-2-1-3-7-13/h1-9,12H,10-11H2,(H,23,24,26). The van der Waals surface area contributed by atoms with Crippen molar-refractivity contribution < 1.29 is 18.7 Å². The fourth-order valence-electron chi connectivity index (χ4n) is 2.78. The third-order valence-corrected chi connectivity index (χ3v) is 5.00. The molecule has 0 atom stereocenters. The number of nitrogens with one attached hydrogen (secondary N) is 1. The second-order valence-corrected chi connectivity index (χ2v) is 6.95. The van der Waals surface area contributed by atoms with Gasteiger partial charge in [-0.3, -0.25) is 4.79 Å². The number of H-pyrrole nitrogens is 1. The van der Waals surface area contributed by atoms with Gasteiger partial charge in [-0.1, -0.05) is 42.5 Å². The SMILES string of the molecule is O=C(COc1ccccc1F)OCc1nc2scc(-c3ccccc3)c2c(=O)[nH]1. The normalized spacial score (nSPS) is 10.8. The maximum Gasteiger partial charge on any atom is 0.344 e. The molecule has 0 saturated heterocycles. The van der Waals surface area contributed by atoms with Gasteiger partial charge in [-0.05, 0) is 17.7 Å². The molecule has 146 valence electrons. The van der Waals surface area contributed by atoms with Crippen LogP contribution in [0.15, 0.2) is 64.8 Å². The molecule has 0 spiro atoms. The zero-order valence-corrected chi connectivity index (χ0v) is 15.9. The van der Waals surface area contributed by atoms with E-state index in [9.17, 15) is 14.0 Å². The molecule has 8 heteroatoms. The summed E-state index contributed by atoms with van der Waals surface area (Å²) in [5, 5.41) is 2.37. The van der Waals surface area contributed by atoms with Crippen LogP contribution in [-0.4, -0.2) is 22.5 Å². The van der Waals surface area contributed by atoms with Gasteiger partial charge in [-0.25, -0.2) is 14.2 Å². The van der Waals surface area contributed by atoms with Crippen molar-refractivity contribution in [3.05, 3.63) is 82.0 Å². The molecule has 2 heterocycles. The molecular formula is C21H15FN2O4S. The largest absolute Gasteiger partial charge is 0.479 e. The predicted molar refractivity (Wildman–Crippen MR) is 107 cm³/mol. The summed E-state index contributed by atoms with van der Waals surface area (Å²) in [4.78, 5) is 32.0. The fraction of sp³-hybridized carbons (Fsp3) is 0.0952. The van der Waals surface area contributed by atoms with Crippen LogP contribution in [-0.2, 0) is 16.1 Å². The number of esters is 1. The van der Waals surface area contributed by atoms with Crippen LogP contribution in [0, 0.1) is 5.82 Å². The molecule has 0 aliphatic carbocycles. The van der Waals surface area contributed by atoms with Crippen LogP contribution >= 0.6 is 11.3 Å². The second-order valence-electron chi connectivity index (χ2n) is 6.09. The summed E-state index contributed by atoms with van der Waals surface area (Å²) in [6.45, 7) is -0.673. The van der Waals surface area contributed by atoms with Gasteiger partial charge in [0.1, 0.15) is 17.3 Å². The van der Waals surface area contributed by atoms with E-state index in [-0.39, 0.29) is 23.7 Å². The van der Waals surface area contributed by atoms with Crippen molar-refractivity contribution >= 4 is 27.5 Å². The van der Waals surface area contributed by atoms with E-state index in [4.69, 9.17) is 9.47 Å². The van der Waals surface area contributed by atoms with Crippen LogP contribution in [0.2, 0.25) is 0 Å². The minimum Gasteiger partial charge on any atom is -0.479 e. The van der Waals surface area contributed by atoms with E-state index in [2.05, 4.69) is 9.97 Å². The lowest BCUT2D eigenvalue weighted by Crippen LogP contribution is -2.18. The molecule has 2 aromatic heterocycles. The van der Waals surface area contributed by atoms with Crippen LogP contribution in [0.4, 0.5) is 4.39 Å². The van der Waals surface area contributed by atoms with Crippen LogP contribution < -0.4 is 10.3 Å². The zero-order chi connectivity index (χ0) is 20.2. The lowest BCUT2D eigenvalue weighted by molar-refractivity contribution is -0.147. The Hall–Kier alpha value is -3.52. The molecule has 1 N–H and O–H groups in total. The molecule has 0 bridgehead atoms. The number of thiophene rings is 1. The number of ether oxygens (including phenoxy) is 2. The van der Waals surface area contributed by atoms with Crippen molar-refractivity contribution in [1.29, 1.82) is 0 Å². The van der Waals surface area contributed by atoms with Gasteiger partial charge in [-0.2, -0.15) is 0 Å². The number of benzene rings is 2. The maximum atomic E-state index is 13.5. The highest BCUT2D eigenvalue weighted by Crippen LogP contribution is 2.30. The molecule has 2 aromatic carbocycles. The van der Waals surface area contributed by atoms with Crippen LogP contribution in [0.25, 0.3) is 21.3 Å². The third-order valence-electron chi connectivity index (χ3n) is 4.13. The summed E-state index contributed by atoms with van der Waals surface area (Å²) in [5.74, 6) is -1.08. The highest BCUT2D eigenvalue weighted by molar-refractivity contribution is 7.17. The molecule has 0 unspecified atom stereocenters. The molecule has 0 aliphatic heterocycles. The Kier molecular flexibility index (Phi) is 5.35. The molecule has 29 heavy (non-hydrogen) atoms. The Bertz CT molecular complexity index is 1220. The number of carbonyl (C=O) groups is 1. The van der Waals surface area contributed by atoms with E-state index in [1.54, 1.807) is 6.07 Å². The summed E-state index contributed by atoms with van der Waals surface area (Å²) < 4.78 is 23.6. The van der Waals surface area contributed by atoms with Gasteiger partial charge < -0.3 is 14.5 Å². The first-order chi connectivity index (χ1) is 14.1. The van der Waals surface area contributed by atoms with Crippen LogP contribution in [0.1, 0.15) is 5.82 Å². The third kappa shape index (κ3) is 4.17. The van der Waals surface area contributed by atoms with Gasteiger partial charge >= 0.3 is 5.97 Å². The number of hydrogen-bond acceptors (Lipinski definition) is 6. The lowest BCUT2D eigenvalue weighted by Gasteiger charge is -2.07. The Balaban J connectivity index is 1.44. The Labute approximate surface area is 168 Å². The van der Waals surface area contributed by atoms with E-state index in [0.29, 0.717) is 10.2 Å². The molecule has 4 aromatic rings. The lowest BCUT2D eigenvalue weighted by atomic mass is 10.1. The smallest absolute Gasteiger partial charge is 0.344 e. The predicted octanol–water partition coefficient (Wildman–Crippen LogP) is 3.91. The Morgan fingerprint density at radius 2 is 1.86 bits per heavy atom. The van der Waals surface area contributed by atoms with Gasteiger partial charge in [0, 0.05) is 10.9 Å². The number of aromatic nitrogens is 2. The first-order valence-corrected chi connectivity index (χ1v) is 9.58. The molecule has 0 fully saturated rings. The van der Waals surface area contributed by atoms with Crippen LogP contribution in [0.3, 0.4) is 0 Å². The van der Waals surface area contributed by atoms with Crippen molar-refractivity contribution in [3.63, 3.8) is 0 Å². The summed E-state index contributed by atoms with van der Waals surface area (Å²) in [7, 11) is 0. The number of para-hydroxylation sites is 1.